The van der Waals surface area contributed by atoms with Gasteiger partial charge in [-0.15, -0.1) is 11.8 Å². The minimum Gasteiger partial charge on any atom is -0.508 e. The van der Waals surface area contributed by atoms with Crippen molar-refractivity contribution in [2.75, 3.05) is 44.4 Å². The van der Waals surface area contributed by atoms with Crippen LogP contribution in [-0.4, -0.2) is 261 Å². The van der Waals surface area contributed by atoms with Crippen LogP contribution in [0.5, 0.6) is 11.5 Å². The number of carboxylic acids is 3. The summed E-state index contributed by atoms with van der Waals surface area (Å²) in [6.45, 7) is 13.6. The molecule has 1 unspecified atom stereocenters. The fourth-order valence-corrected chi connectivity index (χ4v) is 16.4. The van der Waals surface area contributed by atoms with Crippen molar-refractivity contribution in [2.45, 2.75) is 259 Å². The van der Waals surface area contributed by atoms with Crippen LogP contribution in [-0.2, 0) is 115 Å². The van der Waals surface area contributed by atoms with Crippen molar-refractivity contribution in [1.82, 2.24) is 42.1 Å². The molecule has 18 N–H and O–H groups in total. The lowest BCUT2D eigenvalue weighted by atomic mass is 9.78. The van der Waals surface area contributed by atoms with Crippen LogP contribution in [0.4, 0.5) is 0 Å². The normalized spacial score (nSPS) is 16.7. The Morgan fingerprint density at radius 1 is 0.452 bits per heavy atom. The number of unbranched alkanes of at least 4 members (excludes halogenated alkanes) is 1. The number of amides is 9. The Morgan fingerprint density at radius 3 is 1.42 bits per heavy atom. The lowest BCUT2D eigenvalue weighted by molar-refractivity contribution is -0.143. The molecule has 0 aliphatic carbocycles. The molecule has 9 amide bonds. The molecule has 0 saturated carbocycles. The minimum absolute atomic E-state index is 0.00415. The number of hydrogen-bond acceptors (Lipinski definition) is 28. The maximum atomic E-state index is 14.9. The van der Waals surface area contributed by atoms with E-state index in [0.29, 0.717) is 36.9 Å². The fourth-order valence-electron chi connectivity index (χ4n) is 15.6. The first-order chi connectivity index (χ1) is 63.5. The number of imide groups is 1. The number of likely N-dealkylation sites (tertiary alicyclic amines) is 1. The number of phenols is 2. The summed E-state index contributed by atoms with van der Waals surface area (Å²) in [6, 6.07) is 10.4. The number of carbonyl (C=O) groups is 20. The van der Waals surface area contributed by atoms with Gasteiger partial charge in [-0.25, -0.2) is 0 Å². The van der Waals surface area contributed by atoms with Gasteiger partial charge in [-0.3, -0.25) is 101 Å². The third-order valence-corrected chi connectivity index (χ3v) is 25.4. The van der Waals surface area contributed by atoms with Gasteiger partial charge in [-0.2, -0.15) is 0 Å². The lowest BCUT2D eigenvalue weighted by Gasteiger charge is -2.28. The van der Waals surface area contributed by atoms with Crippen molar-refractivity contribution < 1.29 is 142 Å². The Labute approximate surface area is 789 Å². The number of nitrogens with zero attached hydrogens (tertiary/aromatic N) is 1. The second-order valence-corrected chi connectivity index (χ2v) is 37.3. The van der Waals surface area contributed by atoms with E-state index in [-0.39, 0.29) is 116 Å². The average molecular weight is 1910 g/mol. The molecule has 1 aliphatic heterocycles. The van der Waals surface area contributed by atoms with Crippen LogP contribution < -0.4 is 43.0 Å². The van der Waals surface area contributed by atoms with Gasteiger partial charge in [0.1, 0.15) is 29.1 Å². The standard InChI is InChI=1S/C96H137N9O29S/c1-11-55(6)87(82(119)41-63(35-60-22-27-67(110)28-23-60)90(129)100-74(34-53(2)3)78(115)39-64(43-85(123)124)89(128)99-56(7)18-15-16-32-97)104-92(131)66(49-106)42-79(116)75(37-61-24-29-68(111)30-25-61)101-91(130)65(44-86(125)126)40-80(117)77(50-107)103-94(133)73(58(9)109)46-81(118)76(36-59-19-13-12-14-20-59)102-93(132)72(57(8)108)45-70(113)48-98-88(127)62(26-31-84(121)122)38-71(114)52-135-51-69(112)21-17-33-105-83(120)47-96(10,54(4)5)95(105)134/h12-14,19-20,22-25,27-30,53-58,62-66,72-77,87,106-111H,11,15-18,21,26,31-52,97H2,1-10H3,(H,98,127)(H,99,128)(H,100,129)(H,101,130)(H,102,132)(H,103,133)(H,104,131)(H,121,122)(H,123,124)(H,125,126)/t55-,56+,57+,58+,62+,63+,64-,65-,66-,72-,73-,74-,75-,76-,77-,87-,96?/m0/s1. The summed E-state index contributed by atoms with van der Waals surface area (Å²) in [5.41, 5.74) is 5.92. The molecule has 3 aromatic rings. The highest BCUT2D eigenvalue weighted by atomic mass is 32.2. The lowest BCUT2D eigenvalue weighted by Crippen LogP contribution is -2.52. The van der Waals surface area contributed by atoms with Gasteiger partial charge in [0, 0.05) is 88.6 Å². The molecule has 39 heteroatoms. The van der Waals surface area contributed by atoms with Crippen molar-refractivity contribution in [3.63, 3.8) is 0 Å². The van der Waals surface area contributed by atoms with Gasteiger partial charge < -0.3 is 88.9 Å². The SMILES string of the molecule is CC[C@H](C)[C@H](NC(=O)[C@H](CO)CC(=O)[C@H](Cc1ccc(O)cc1)NC(=O)[C@H](CC(=O)O)CC(=O)[C@H](CO)NC(=O)[C@@H](CC(=O)[C@H](Cc1ccccc1)NC(=O)[C@@H](CC(=O)CNC(=O)[C@H](CCC(=O)O)CC(=O)CSCC(=O)CCCN1C(=O)CC(C)(C(C)C)C1=O)[C@@H](C)O)[C@@H](C)O)C(=O)C[C@@H](Cc1ccc(O)cc1)C(=O)N[C@@H](CC(C)C)C(=O)C[C@@H](CC(=O)O)C(=O)N[C@H](C)CCCCN. The Kier molecular flexibility index (Phi) is 49.9. The maximum Gasteiger partial charge on any atom is 0.304 e. The number of carbonyl (C=O) groups excluding carboxylic acids is 17. The molecule has 3 aromatic carbocycles. The van der Waals surface area contributed by atoms with Crippen molar-refractivity contribution in [3.8, 4) is 11.5 Å². The van der Waals surface area contributed by atoms with Crippen LogP contribution in [0.1, 0.15) is 208 Å². The summed E-state index contributed by atoms with van der Waals surface area (Å²) >= 11 is 0.943. The molecule has 0 radical (unpaired) electrons. The molecule has 746 valence electrons. The van der Waals surface area contributed by atoms with Crippen molar-refractivity contribution in [3.05, 3.63) is 95.6 Å². The van der Waals surface area contributed by atoms with Crippen LogP contribution in [0.15, 0.2) is 78.9 Å². The van der Waals surface area contributed by atoms with Gasteiger partial charge in [0.15, 0.2) is 34.7 Å². The molecule has 1 aliphatic rings. The van der Waals surface area contributed by atoms with E-state index in [1.807, 2.05) is 13.8 Å². The number of carboxylic acid groups (broad SMARTS) is 3. The Morgan fingerprint density at radius 2 is 0.919 bits per heavy atom. The Hall–Kier alpha value is -11.4. The van der Waals surface area contributed by atoms with E-state index in [1.54, 1.807) is 71.9 Å². The highest BCUT2D eigenvalue weighted by Gasteiger charge is 2.50. The molecule has 1 fully saturated rings. The van der Waals surface area contributed by atoms with Gasteiger partial charge in [0.05, 0.1) is 115 Å². The van der Waals surface area contributed by atoms with E-state index in [1.165, 1.54) is 48.5 Å². The molecule has 38 nitrogen and oxygen atoms in total. The fraction of sp³-hybridized carbons (Fsp3) is 0.604. The molecule has 0 aromatic heterocycles. The zero-order valence-electron chi connectivity index (χ0n) is 78.5. The molecule has 1 saturated heterocycles. The highest BCUT2D eigenvalue weighted by molar-refractivity contribution is 8.00. The van der Waals surface area contributed by atoms with Gasteiger partial charge >= 0.3 is 17.9 Å². The number of nitrogens with two attached hydrogens (primary N) is 1. The van der Waals surface area contributed by atoms with Gasteiger partial charge in [-0.1, -0.05) is 109 Å². The summed E-state index contributed by atoms with van der Waals surface area (Å²) < 4.78 is 0. The van der Waals surface area contributed by atoms with Crippen LogP contribution >= 0.6 is 11.8 Å². The summed E-state index contributed by atoms with van der Waals surface area (Å²) in [6.07, 6.45) is -10.0. The van der Waals surface area contributed by atoms with E-state index in [0.717, 1.165) is 30.5 Å². The van der Waals surface area contributed by atoms with E-state index >= 15 is 0 Å². The number of aliphatic hydroxyl groups excluding tert-OH is 4. The number of ketones is 8. The number of hydrogen-bond donors (Lipinski definition) is 17. The van der Waals surface area contributed by atoms with Crippen LogP contribution in [0.3, 0.4) is 0 Å². The predicted octanol–water partition coefficient (Wildman–Crippen LogP) is 3.48. The molecule has 1 heterocycles. The molecule has 0 bridgehead atoms. The zero-order valence-corrected chi connectivity index (χ0v) is 79.3. The summed E-state index contributed by atoms with van der Waals surface area (Å²) in [5, 5.41) is 111. The van der Waals surface area contributed by atoms with Crippen LogP contribution in [0, 0.1) is 64.6 Å². The van der Waals surface area contributed by atoms with Gasteiger partial charge in [-0.05, 0) is 144 Å². The smallest absolute Gasteiger partial charge is 0.304 e. The number of phenolic OH excluding ortho intramolecular Hbond substituents is 2. The highest BCUT2D eigenvalue weighted by Crippen LogP contribution is 2.40. The van der Waals surface area contributed by atoms with Crippen molar-refractivity contribution in [1.29, 1.82) is 0 Å². The quantitative estimate of drug-likeness (QED) is 0.0284. The second-order valence-electron chi connectivity index (χ2n) is 36.3. The minimum atomic E-state index is -2.00. The predicted molar refractivity (Wildman–Crippen MR) is 492 cm³/mol. The Balaban J connectivity index is 1.52. The Bertz CT molecular complexity index is 4570. The first-order valence-electron chi connectivity index (χ1n) is 45.8. The average Bonchev–Trinajstić information content (AvgIpc) is 1.62. The number of aliphatic hydroxyl groups is 4. The van der Waals surface area contributed by atoms with Gasteiger partial charge in [0.25, 0.3) is 0 Å². The van der Waals surface area contributed by atoms with E-state index in [9.17, 15) is 142 Å². The molecule has 17 atom stereocenters. The third kappa shape index (κ3) is 40.2. The third-order valence-electron chi connectivity index (χ3n) is 24.4. The topological polar surface area (TPSA) is 637 Å². The number of benzene rings is 3. The number of nitrogens with one attached hydrogen (secondary N) is 7. The molecule has 135 heavy (non-hydrogen) atoms. The monoisotopic (exact) mass is 1910 g/mol. The van der Waals surface area contributed by atoms with Crippen LogP contribution in [0.2, 0.25) is 0 Å². The largest absolute Gasteiger partial charge is 0.508 e. The van der Waals surface area contributed by atoms with Crippen molar-refractivity contribution >= 4 is 129 Å². The zero-order chi connectivity index (χ0) is 101. The van der Waals surface area contributed by atoms with Crippen LogP contribution in [0.25, 0.3) is 0 Å². The summed E-state index contributed by atoms with van der Waals surface area (Å²) in [4.78, 5) is 275. The maximum absolute atomic E-state index is 14.9. The molecular weight excluding hydrogens is 1780 g/mol. The summed E-state index contributed by atoms with van der Waals surface area (Å²) in [5.74, 6) is -31.0. The number of aromatic hydroxyl groups is 2. The first kappa shape index (κ1) is 116. The number of Topliss-reactive ketones (excluding diaryl/α,β-unsaturated/α-hetero) is 8. The van der Waals surface area contributed by atoms with E-state index in [2.05, 4.69) is 37.2 Å². The molecule has 4 rings (SSSR count). The molecule has 0 spiro atoms. The first-order valence-corrected chi connectivity index (χ1v) is 46.9. The molecular formula is C96H137N9O29S. The van der Waals surface area contributed by atoms with Gasteiger partial charge in [0.2, 0.25) is 53.2 Å². The number of rotatable bonds is 68. The van der Waals surface area contributed by atoms with E-state index in [4.69, 9.17) is 5.73 Å². The van der Waals surface area contributed by atoms with Crippen molar-refractivity contribution in [2.24, 2.45) is 70.3 Å². The second kappa shape index (κ2) is 58.1. The number of thioether (sulfide) groups is 1. The van der Waals surface area contributed by atoms with E-state index < -0.39 is 291 Å². The summed E-state index contributed by atoms with van der Waals surface area (Å²) in [7, 11) is 0. The number of aliphatic carboxylic acids is 3.